The van der Waals surface area contributed by atoms with Crippen molar-refractivity contribution in [2.45, 2.75) is 25.3 Å². The van der Waals surface area contributed by atoms with Crippen LogP contribution in [0.3, 0.4) is 0 Å². The molecule has 0 spiro atoms. The Morgan fingerprint density at radius 1 is 1.24 bits per heavy atom. The van der Waals surface area contributed by atoms with Crippen LogP contribution in [-0.2, 0) is 19.1 Å². The summed E-state index contributed by atoms with van der Waals surface area (Å²) < 4.78 is 16.0. The molecule has 9 heteroatoms. The zero-order valence-corrected chi connectivity index (χ0v) is 16.9. The van der Waals surface area contributed by atoms with Gasteiger partial charge in [-0.05, 0) is 31.2 Å². The SMILES string of the molecule is CCOc1ccccc1NC(=O)COC(=O)[C@H]1CS[C@H](c2ccco2)N1C(C)=O. The van der Waals surface area contributed by atoms with Crippen LogP contribution >= 0.6 is 11.8 Å². The van der Waals surface area contributed by atoms with Crippen LogP contribution in [0.15, 0.2) is 47.1 Å². The van der Waals surface area contributed by atoms with Crippen LogP contribution < -0.4 is 10.1 Å². The van der Waals surface area contributed by atoms with E-state index in [4.69, 9.17) is 13.9 Å². The number of hydrogen-bond donors (Lipinski definition) is 1. The predicted molar refractivity (Wildman–Crippen MR) is 107 cm³/mol. The van der Waals surface area contributed by atoms with Crippen LogP contribution in [0.5, 0.6) is 5.75 Å². The highest BCUT2D eigenvalue weighted by Crippen LogP contribution is 2.41. The molecule has 1 N–H and O–H groups in total. The molecule has 29 heavy (non-hydrogen) atoms. The van der Waals surface area contributed by atoms with E-state index in [0.717, 1.165) is 0 Å². The number of para-hydroxylation sites is 2. The number of furan rings is 1. The van der Waals surface area contributed by atoms with Gasteiger partial charge in [-0.25, -0.2) is 4.79 Å². The fraction of sp³-hybridized carbons (Fsp3) is 0.350. The van der Waals surface area contributed by atoms with Crippen molar-refractivity contribution in [2.75, 3.05) is 24.3 Å². The fourth-order valence-electron chi connectivity index (χ4n) is 2.99. The Morgan fingerprint density at radius 2 is 2.03 bits per heavy atom. The number of thioether (sulfide) groups is 1. The average molecular weight is 418 g/mol. The predicted octanol–water partition coefficient (Wildman–Crippen LogP) is 2.82. The topological polar surface area (TPSA) is 98.1 Å². The van der Waals surface area contributed by atoms with Gasteiger partial charge in [0.05, 0.1) is 18.6 Å². The van der Waals surface area contributed by atoms with E-state index < -0.39 is 29.9 Å². The highest BCUT2D eigenvalue weighted by Gasteiger charge is 2.43. The Balaban J connectivity index is 1.59. The molecule has 0 saturated carbocycles. The average Bonchev–Trinajstić information content (AvgIpc) is 3.37. The number of anilines is 1. The molecule has 1 aromatic carbocycles. The van der Waals surface area contributed by atoms with Crippen molar-refractivity contribution in [3.63, 3.8) is 0 Å². The number of ether oxygens (including phenoxy) is 2. The lowest BCUT2D eigenvalue weighted by Gasteiger charge is -2.25. The zero-order valence-electron chi connectivity index (χ0n) is 16.1. The van der Waals surface area contributed by atoms with Gasteiger partial charge in [0.2, 0.25) is 5.91 Å². The Morgan fingerprint density at radius 3 is 2.72 bits per heavy atom. The molecular weight excluding hydrogens is 396 g/mol. The number of benzene rings is 1. The summed E-state index contributed by atoms with van der Waals surface area (Å²) in [6.07, 6.45) is 1.52. The standard InChI is InChI=1S/C20H22N2O6S/c1-3-26-16-8-5-4-7-14(16)21-18(24)11-28-20(25)15-12-29-19(22(15)13(2)23)17-9-6-10-27-17/h4-10,15,19H,3,11-12H2,1-2H3,(H,21,24)/t15-,19-/m1/s1. The highest BCUT2D eigenvalue weighted by atomic mass is 32.2. The number of carbonyl (C=O) groups is 3. The normalized spacial score (nSPS) is 18.3. The van der Waals surface area contributed by atoms with E-state index in [1.807, 2.05) is 6.92 Å². The molecule has 8 nitrogen and oxygen atoms in total. The first-order chi connectivity index (χ1) is 14.0. The third kappa shape index (κ3) is 4.92. The molecular formula is C20H22N2O6S. The molecule has 1 aliphatic rings. The van der Waals surface area contributed by atoms with Gasteiger partial charge in [-0.2, -0.15) is 0 Å². The molecule has 2 heterocycles. The molecule has 0 bridgehead atoms. The Bertz CT molecular complexity index is 870. The minimum absolute atomic E-state index is 0.270. The van der Waals surface area contributed by atoms with E-state index in [-0.39, 0.29) is 5.91 Å². The maximum Gasteiger partial charge on any atom is 0.330 e. The third-order valence-corrected chi connectivity index (χ3v) is 5.51. The van der Waals surface area contributed by atoms with E-state index >= 15 is 0 Å². The second-order valence-corrected chi connectivity index (χ2v) is 7.34. The van der Waals surface area contributed by atoms with Gasteiger partial charge in [0.1, 0.15) is 22.9 Å². The van der Waals surface area contributed by atoms with E-state index in [1.54, 1.807) is 36.4 Å². The summed E-state index contributed by atoms with van der Waals surface area (Å²) in [6.45, 7) is 3.23. The van der Waals surface area contributed by atoms with Gasteiger partial charge in [0.15, 0.2) is 6.61 Å². The number of nitrogens with zero attached hydrogens (tertiary/aromatic N) is 1. The minimum atomic E-state index is -0.781. The van der Waals surface area contributed by atoms with Gasteiger partial charge in [-0.1, -0.05) is 12.1 Å². The molecule has 0 radical (unpaired) electrons. The third-order valence-electron chi connectivity index (χ3n) is 4.23. The van der Waals surface area contributed by atoms with E-state index in [1.165, 1.54) is 29.8 Å². The van der Waals surface area contributed by atoms with Gasteiger partial charge in [-0.15, -0.1) is 11.8 Å². The van der Waals surface area contributed by atoms with Crippen LogP contribution in [0.1, 0.15) is 25.0 Å². The van der Waals surface area contributed by atoms with Crippen LogP contribution in [0.25, 0.3) is 0 Å². The van der Waals surface area contributed by atoms with Gasteiger partial charge in [0, 0.05) is 12.7 Å². The lowest BCUT2D eigenvalue weighted by atomic mass is 10.2. The fourth-order valence-corrected chi connectivity index (χ4v) is 4.41. The summed E-state index contributed by atoms with van der Waals surface area (Å²) in [5.74, 6) is 0.0895. The summed E-state index contributed by atoms with van der Waals surface area (Å²) in [4.78, 5) is 38.3. The van der Waals surface area contributed by atoms with Crippen molar-refractivity contribution >= 4 is 35.2 Å². The molecule has 154 valence electrons. The summed E-state index contributed by atoms with van der Waals surface area (Å²) in [7, 11) is 0. The largest absolute Gasteiger partial charge is 0.492 e. The summed E-state index contributed by atoms with van der Waals surface area (Å²) in [5.41, 5.74) is 0.495. The van der Waals surface area contributed by atoms with Gasteiger partial charge in [0.25, 0.3) is 5.91 Å². The van der Waals surface area contributed by atoms with Crippen molar-refractivity contribution in [2.24, 2.45) is 0 Å². The lowest BCUT2D eigenvalue weighted by molar-refractivity contribution is -0.155. The Hall–Kier alpha value is -2.94. The maximum absolute atomic E-state index is 12.5. The molecule has 1 fully saturated rings. The number of hydrogen-bond acceptors (Lipinski definition) is 7. The molecule has 2 aromatic rings. The molecule has 1 aromatic heterocycles. The summed E-state index contributed by atoms with van der Waals surface area (Å²) in [6, 6.07) is 9.69. The van der Waals surface area contributed by atoms with E-state index in [2.05, 4.69) is 5.32 Å². The molecule has 0 aliphatic carbocycles. The second-order valence-electron chi connectivity index (χ2n) is 6.23. The van der Waals surface area contributed by atoms with Crippen molar-refractivity contribution < 1.29 is 28.3 Å². The first kappa shape index (κ1) is 20.8. The van der Waals surface area contributed by atoms with Gasteiger partial charge < -0.3 is 24.1 Å². The van der Waals surface area contributed by atoms with E-state index in [0.29, 0.717) is 29.6 Å². The van der Waals surface area contributed by atoms with Gasteiger partial charge >= 0.3 is 5.97 Å². The number of carbonyl (C=O) groups excluding carboxylic acids is 3. The molecule has 2 amide bonds. The molecule has 2 atom stereocenters. The lowest BCUT2D eigenvalue weighted by Crippen LogP contribution is -2.43. The summed E-state index contributed by atoms with van der Waals surface area (Å²) in [5, 5.41) is 2.27. The van der Waals surface area contributed by atoms with Crippen LogP contribution in [0.4, 0.5) is 5.69 Å². The molecule has 3 rings (SSSR count). The Labute approximate surface area is 172 Å². The quantitative estimate of drug-likeness (QED) is 0.691. The van der Waals surface area contributed by atoms with Crippen LogP contribution in [0.2, 0.25) is 0 Å². The van der Waals surface area contributed by atoms with Crippen molar-refractivity contribution in [3.8, 4) is 5.75 Å². The molecule has 1 aliphatic heterocycles. The summed E-state index contributed by atoms with van der Waals surface area (Å²) >= 11 is 1.41. The number of esters is 1. The highest BCUT2D eigenvalue weighted by molar-refractivity contribution is 7.99. The first-order valence-corrected chi connectivity index (χ1v) is 10.2. The van der Waals surface area contributed by atoms with Crippen molar-refractivity contribution in [1.29, 1.82) is 0 Å². The number of amides is 2. The van der Waals surface area contributed by atoms with Crippen LogP contribution in [0, 0.1) is 0 Å². The maximum atomic E-state index is 12.5. The smallest absolute Gasteiger partial charge is 0.330 e. The number of rotatable bonds is 7. The second kappa shape index (κ2) is 9.51. The van der Waals surface area contributed by atoms with Gasteiger partial charge in [-0.3, -0.25) is 9.59 Å². The molecule has 0 unspecified atom stereocenters. The van der Waals surface area contributed by atoms with Crippen LogP contribution in [-0.4, -0.2) is 47.7 Å². The number of nitrogens with one attached hydrogen (secondary N) is 1. The van der Waals surface area contributed by atoms with E-state index in [9.17, 15) is 14.4 Å². The minimum Gasteiger partial charge on any atom is -0.492 e. The van der Waals surface area contributed by atoms with Crippen molar-refractivity contribution in [1.82, 2.24) is 4.90 Å². The Kier molecular flexibility index (Phi) is 6.82. The first-order valence-electron chi connectivity index (χ1n) is 9.13. The molecule has 1 saturated heterocycles. The monoisotopic (exact) mass is 418 g/mol. The van der Waals surface area contributed by atoms with Crippen molar-refractivity contribution in [3.05, 3.63) is 48.4 Å². The zero-order chi connectivity index (χ0) is 20.8.